The molecule has 0 atom stereocenters. The molecular formula is C17H25N5O2. The molecule has 1 aliphatic rings. The van der Waals surface area contributed by atoms with Gasteiger partial charge in [-0.1, -0.05) is 12.1 Å². The van der Waals surface area contributed by atoms with E-state index in [1.807, 2.05) is 6.20 Å². The fraction of sp³-hybridized carbons (Fsp3) is 0.588. The second-order valence-electron chi connectivity index (χ2n) is 6.44. The first kappa shape index (κ1) is 16.7. The number of carbonyl (C=O) groups excluding carboxylic acids is 1. The van der Waals surface area contributed by atoms with E-state index >= 15 is 0 Å². The minimum absolute atomic E-state index is 0.0374. The number of piperidine rings is 1. The molecule has 0 saturated carbocycles. The summed E-state index contributed by atoms with van der Waals surface area (Å²) >= 11 is 0. The third-order valence-corrected chi connectivity index (χ3v) is 4.54. The van der Waals surface area contributed by atoms with Gasteiger partial charge in [0.2, 0.25) is 5.91 Å². The molecule has 7 heteroatoms. The zero-order valence-electron chi connectivity index (χ0n) is 14.4. The SMILES string of the molecule is CCc1nccn1CC1CCN(CC(=O)Nc2cc(C)on2)CC1. The van der Waals surface area contributed by atoms with Crippen LogP contribution in [0.5, 0.6) is 0 Å². The van der Waals surface area contributed by atoms with Crippen LogP contribution in [0.4, 0.5) is 5.82 Å². The van der Waals surface area contributed by atoms with Crippen molar-refractivity contribution in [2.45, 2.75) is 39.7 Å². The molecule has 0 spiro atoms. The van der Waals surface area contributed by atoms with Gasteiger partial charge in [0.15, 0.2) is 5.82 Å². The molecule has 0 aromatic carbocycles. The maximum absolute atomic E-state index is 12.1. The Morgan fingerprint density at radius 3 is 2.88 bits per heavy atom. The lowest BCUT2D eigenvalue weighted by Gasteiger charge is -2.31. The Kier molecular flexibility index (Phi) is 5.30. The van der Waals surface area contributed by atoms with Crippen LogP contribution in [-0.4, -0.2) is 45.1 Å². The van der Waals surface area contributed by atoms with Crippen LogP contribution in [-0.2, 0) is 17.8 Å². The lowest BCUT2D eigenvalue weighted by atomic mass is 9.96. The number of hydrogen-bond acceptors (Lipinski definition) is 5. The van der Waals surface area contributed by atoms with Crippen LogP contribution in [0.1, 0.15) is 31.4 Å². The minimum Gasteiger partial charge on any atom is -0.360 e. The first-order chi connectivity index (χ1) is 11.6. The van der Waals surface area contributed by atoms with Crippen LogP contribution in [0.3, 0.4) is 0 Å². The number of aromatic nitrogens is 3. The molecule has 0 aliphatic carbocycles. The monoisotopic (exact) mass is 331 g/mol. The number of likely N-dealkylation sites (tertiary alicyclic amines) is 1. The van der Waals surface area contributed by atoms with E-state index in [4.69, 9.17) is 4.52 Å². The molecule has 1 fully saturated rings. The van der Waals surface area contributed by atoms with E-state index in [0.29, 0.717) is 24.0 Å². The Morgan fingerprint density at radius 2 is 2.21 bits per heavy atom. The van der Waals surface area contributed by atoms with Crippen LogP contribution in [0, 0.1) is 12.8 Å². The Bertz CT molecular complexity index is 670. The molecule has 1 saturated heterocycles. The van der Waals surface area contributed by atoms with Crippen molar-refractivity contribution in [1.82, 2.24) is 19.6 Å². The molecule has 1 aliphatic heterocycles. The smallest absolute Gasteiger partial charge is 0.239 e. The highest BCUT2D eigenvalue weighted by atomic mass is 16.5. The van der Waals surface area contributed by atoms with Crippen molar-refractivity contribution in [3.8, 4) is 0 Å². The van der Waals surface area contributed by atoms with E-state index in [-0.39, 0.29) is 5.91 Å². The van der Waals surface area contributed by atoms with Crippen LogP contribution >= 0.6 is 0 Å². The molecular weight excluding hydrogens is 306 g/mol. The van der Waals surface area contributed by atoms with Crippen molar-refractivity contribution < 1.29 is 9.32 Å². The van der Waals surface area contributed by atoms with Gasteiger partial charge in [-0.3, -0.25) is 9.69 Å². The molecule has 7 nitrogen and oxygen atoms in total. The lowest BCUT2D eigenvalue weighted by molar-refractivity contribution is -0.117. The van der Waals surface area contributed by atoms with Crippen LogP contribution in [0.2, 0.25) is 0 Å². The highest BCUT2D eigenvalue weighted by Crippen LogP contribution is 2.20. The van der Waals surface area contributed by atoms with Gasteiger partial charge >= 0.3 is 0 Å². The van der Waals surface area contributed by atoms with Gasteiger partial charge in [0, 0.05) is 31.4 Å². The van der Waals surface area contributed by atoms with E-state index in [1.165, 1.54) is 0 Å². The first-order valence-corrected chi connectivity index (χ1v) is 8.59. The maximum Gasteiger partial charge on any atom is 0.239 e. The number of nitrogens with zero attached hydrogens (tertiary/aromatic N) is 4. The van der Waals surface area contributed by atoms with Crippen molar-refractivity contribution in [3.63, 3.8) is 0 Å². The highest BCUT2D eigenvalue weighted by molar-refractivity contribution is 5.91. The van der Waals surface area contributed by atoms with Gasteiger partial charge in [-0.05, 0) is 38.8 Å². The number of rotatable bonds is 6. The summed E-state index contributed by atoms with van der Waals surface area (Å²) in [6.45, 7) is 7.28. The van der Waals surface area contributed by atoms with Crippen LogP contribution < -0.4 is 5.32 Å². The number of carbonyl (C=O) groups is 1. The fourth-order valence-electron chi connectivity index (χ4n) is 3.24. The maximum atomic E-state index is 12.1. The Morgan fingerprint density at radius 1 is 1.42 bits per heavy atom. The van der Waals surface area contributed by atoms with Gasteiger partial charge in [0.1, 0.15) is 11.6 Å². The van der Waals surface area contributed by atoms with Gasteiger partial charge in [0.25, 0.3) is 0 Å². The summed E-state index contributed by atoms with van der Waals surface area (Å²) < 4.78 is 7.22. The number of amides is 1. The van der Waals surface area contributed by atoms with E-state index < -0.39 is 0 Å². The Balaban J connectivity index is 1.42. The summed E-state index contributed by atoms with van der Waals surface area (Å²) in [6, 6.07) is 1.72. The third-order valence-electron chi connectivity index (χ3n) is 4.54. The Labute approximate surface area is 142 Å². The number of imidazole rings is 1. The van der Waals surface area contributed by atoms with Crippen molar-refractivity contribution in [2.24, 2.45) is 5.92 Å². The summed E-state index contributed by atoms with van der Waals surface area (Å²) in [6.07, 6.45) is 7.13. The first-order valence-electron chi connectivity index (χ1n) is 8.59. The lowest BCUT2D eigenvalue weighted by Crippen LogP contribution is -2.40. The fourth-order valence-corrected chi connectivity index (χ4v) is 3.24. The van der Waals surface area contributed by atoms with Crippen LogP contribution in [0.15, 0.2) is 23.0 Å². The second-order valence-corrected chi connectivity index (χ2v) is 6.44. The highest BCUT2D eigenvalue weighted by Gasteiger charge is 2.22. The molecule has 130 valence electrons. The zero-order chi connectivity index (χ0) is 16.9. The average Bonchev–Trinajstić information content (AvgIpc) is 3.18. The van der Waals surface area contributed by atoms with Crippen molar-refractivity contribution in [3.05, 3.63) is 30.0 Å². The van der Waals surface area contributed by atoms with Gasteiger partial charge in [-0.25, -0.2) is 4.98 Å². The van der Waals surface area contributed by atoms with E-state index in [2.05, 4.69) is 38.0 Å². The molecule has 0 unspecified atom stereocenters. The largest absolute Gasteiger partial charge is 0.360 e. The van der Waals surface area contributed by atoms with Gasteiger partial charge < -0.3 is 14.4 Å². The summed E-state index contributed by atoms with van der Waals surface area (Å²) in [4.78, 5) is 18.6. The van der Waals surface area contributed by atoms with Crippen molar-refractivity contribution in [2.75, 3.05) is 25.0 Å². The number of anilines is 1. The molecule has 24 heavy (non-hydrogen) atoms. The normalized spacial score (nSPS) is 16.4. The molecule has 2 aromatic heterocycles. The summed E-state index contributed by atoms with van der Waals surface area (Å²) in [7, 11) is 0. The summed E-state index contributed by atoms with van der Waals surface area (Å²) in [5.74, 6) is 2.95. The predicted molar refractivity (Wildman–Crippen MR) is 90.6 cm³/mol. The standard InChI is InChI=1S/C17H25N5O2/c1-3-16-18-6-9-22(16)11-14-4-7-21(8-5-14)12-17(23)19-15-10-13(2)24-20-15/h6,9-10,14H,3-5,7-8,11-12H2,1-2H3,(H,19,20,23). The molecule has 0 radical (unpaired) electrons. The van der Waals surface area contributed by atoms with Gasteiger partial charge in [0.05, 0.1) is 6.54 Å². The number of aryl methyl sites for hydroxylation is 2. The van der Waals surface area contributed by atoms with Crippen molar-refractivity contribution >= 4 is 11.7 Å². The zero-order valence-corrected chi connectivity index (χ0v) is 14.4. The second kappa shape index (κ2) is 7.61. The number of nitrogens with one attached hydrogen (secondary N) is 1. The summed E-state index contributed by atoms with van der Waals surface area (Å²) in [5, 5.41) is 6.56. The van der Waals surface area contributed by atoms with E-state index in [1.54, 1.807) is 13.0 Å². The van der Waals surface area contributed by atoms with E-state index in [0.717, 1.165) is 44.7 Å². The molecule has 3 rings (SSSR count). The molecule has 0 bridgehead atoms. The topological polar surface area (TPSA) is 76.2 Å². The quantitative estimate of drug-likeness (QED) is 0.877. The molecule has 1 N–H and O–H groups in total. The summed E-state index contributed by atoms with van der Waals surface area (Å²) in [5.41, 5.74) is 0. The average molecular weight is 331 g/mol. The molecule has 3 heterocycles. The Hall–Kier alpha value is -2.15. The number of hydrogen-bond donors (Lipinski definition) is 1. The third kappa shape index (κ3) is 4.23. The predicted octanol–water partition coefficient (Wildman–Crippen LogP) is 2.09. The van der Waals surface area contributed by atoms with Crippen LogP contribution in [0.25, 0.3) is 0 Å². The minimum atomic E-state index is -0.0374. The van der Waals surface area contributed by atoms with Gasteiger partial charge in [-0.2, -0.15) is 0 Å². The van der Waals surface area contributed by atoms with Crippen molar-refractivity contribution in [1.29, 1.82) is 0 Å². The van der Waals surface area contributed by atoms with E-state index in [9.17, 15) is 4.79 Å². The molecule has 1 amide bonds. The molecule has 2 aromatic rings. The van der Waals surface area contributed by atoms with Gasteiger partial charge in [-0.15, -0.1) is 0 Å².